The maximum Gasteiger partial charge on any atom is 2.00 e. The smallest absolute Gasteiger partial charge is 0.687 e. The number of piperidine rings is 1. The van der Waals surface area contributed by atoms with Crippen LogP contribution >= 0.6 is 0 Å². The summed E-state index contributed by atoms with van der Waals surface area (Å²) in [5.74, 6) is 1.10. The Morgan fingerprint density at radius 2 is 1.38 bits per heavy atom. The van der Waals surface area contributed by atoms with Crippen LogP contribution in [0.4, 0.5) is 0 Å². The molecule has 19 heteroatoms. The second-order valence-corrected chi connectivity index (χ2v) is 12.1. The predicted molar refractivity (Wildman–Crippen MR) is 171 cm³/mol. The molecule has 0 aromatic rings. The van der Waals surface area contributed by atoms with Crippen LogP contribution in [0.15, 0.2) is 33.9 Å². The molecule has 1 unspecified atom stereocenters. The first-order valence-electron chi connectivity index (χ1n) is 13.8. The summed E-state index contributed by atoms with van der Waals surface area (Å²) < 4.78 is 2.35. The van der Waals surface area contributed by atoms with E-state index in [4.69, 9.17) is 21.3 Å². The topological polar surface area (TPSA) is 305 Å². The second kappa shape index (κ2) is 19.5. The molecule has 18 nitrogen and oxygen atoms in total. The molecule has 47 heavy (non-hydrogen) atoms. The summed E-state index contributed by atoms with van der Waals surface area (Å²) in [7, 11) is 0. The molecular weight excluding hydrogens is 664 g/mol. The van der Waals surface area contributed by atoms with Gasteiger partial charge >= 0.3 is 28.7 Å². The molecule has 0 spiro atoms. The van der Waals surface area contributed by atoms with E-state index in [0.29, 0.717) is 30.3 Å². The summed E-state index contributed by atoms with van der Waals surface area (Å²) >= 11 is 0. The van der Waals surface area contributed by atoms with Gasteiger partial charge in [0.05, 0.1) is 12.4 Å². The molecule has 10 N–H and O–H groups in total. The van der Waals surface area contributed by atoms with Gasteiger partial charge in [0.15, 0.2) is 22.2 Å². The molecule has 0 aromatic carbocycles. The predicted octanol–water partition coefficient (Wildman–Crippen LogP) is 2.28. The summed E-state index contributed by atoms with van der Waals surface area (Å²) in [5.41, 5.74) is -1.52. The van der Waals surface area contributed by atoms with Crippen LogP contribution in [0.5, 0.6) is 0 Å². The van der Waals surface area contributed by atoms with Crippen LogP contribution in [-0.4, -0.2) is 106 Å². The van der Waals surface area contributed by atoms with Crippen LogP contribution in [0.1, 0.15) is 68.2 Å². The van der Waals surface area contributed by atoms with Crippen molar-refractivity contribution in [3.8, 4) is 12.4 Å². The van der Waals surface area contributed by atoms with Crippen LogP contribution in [0.2, 0.25) is 0 Å². The van der Waals surface area contributed by atoms with E-state index in [-0.39, 0.29) is 33.9 Å². The van der Waals surface area contributed by atoms with E-state index in [9.17, 15) is 20.8 Å². The normalized spacial score (nSPS) is 21.8. The summed E-state index contributed by atoms with van der Waals surface area (Å²) in [6.45, 7) is 17.5. The van der Waals surface area contributed by atoms with Crippen molar-refractivity contribution in [1.29, 1.82) is 10.5 Å². The van der Waals surface area contributed by atoms with Gasteiger partial charge in [0.25, 0.3) is 0 Å². The first-order valence-corrected chi connectivity index (χ1v) is 13.8. The summed E-state index contributed by atoms with van der Waals surface area (Å²) in [5, 5.41) is 81.7. The number of hydrogen-bond donors (Lipinski definition) is 4. The first-order chi connectivity index (χ1) is 20.4. The summed E-state index contributed by atoms with van der Waals surface area (Å²) in [6.07, 6.45) is 9.97. The van der Waals surface area contributed by atoms with Crippen molar-refractivity contribution < 1.29 is 58.3 Å². The third kappa shape index (κ3) is 9.93. The third-order valence-corrected chi connectivity index (χ3v) is 8.73. The minimum absolute atomic E-state index is 0. The zero-order valence-corrected chi connectivity index (χ0v) is 28.9. The van der Waals surface area contributed by atoms with Gasteiger partial charge in [-0.2, -0.15) is 16.7 Å². The van der Waals surface area contributed by atoms with Gasteiger partial charge in [0.2, 0.25) is 0 Å². The van der Waals surface area contributed by atoms with Gasteiger partial charge in [-0.3, -0.25) is 0 Å². The average molecular weight is 712 g/mol. The van der Waals surface area contributed by atoms with Crippen molar-refractivity contribution in [2.75, 3.05) is 19.6 Å². The Bertz CT molecular complexity index is 1330. The van der Waals surface area contributed by atoms with Gasteiger partial charge < -0.3 is 52.8 Å². The van der Waals surface area contributed by atoms with Gasteiger partial charge in [-0.25, -0.2) is 10.4 Å². The van der Waals surface area contributed by atoms with Crippen molar-refractivity contribution in [2.24, 2.45) is 15.9 Å². The number of amidine groups is 2. The average Bonchev–Trinajstić information content (AvgIpc) is 3.19. The quantitative estimate of drug-likeness (QED) is 0.0820. The van der Waals surface area contributed by atoms with Gasteiger partial charge in [0.1, 0.15) is 0 Å². The molecule has 0 saturated carbocycles. The Morgan fingerprint density at radius 1 is 0.894 bits per heavy atom. The molecule has 0 aromatic heterocycles. The zero-order chi connectivity index (χ0) is 33.9. The molecule has 4 aliphatic rings. The van der Waals surface area contributed by atoms with E-state index in [2.05, 4.69) is 20.6 Å². The Hall–Kier alpha value is -4.12. The minimum Gasteiger partial charge on any atom is -0.687 e. The van der Waals surface area contributed by atoms with Crippen LogP contribution in [-0.2, 0) is 28.0 Å². The SMILES string of the molecule is CC1(C)N(O)C(C2=C[N-]CC=C2)=[N+](O)C1(C)C.CC1(C)N(O)C(C2CCC[N-]C2)=[N+](O)C1(C)C.N#CN=C=[N-].N#CN=C=[N-].[Cu+2].[OH3+].[OH3+]. The largest absolute Gasteiger partial charge is 2.00 e. The monoisotopic (exact) mass is 711 g/mol. The molecule has 4 aliphatic heterocycles. The Labute approximate surface area is 286 Å². The Kier molecular flexibility index (Phi) is 19.6. The molecule has 0 amide bonds. The number of hydroxylamine groups is 6. The molecule has 4 rings (SSSR count). The van der Waals surface area contributed by atoms with E-state index >= 15 is 0 Å². The van der Waals surface area contributed by atoms with E-state index < -0.39 is 22.2 Å². The van der Waals surface area contributed by atoms with Gasteiger partial charge in [0, 0.05) is 11.5 Å². The molecule has 265 valence electrons. The van der Waals surface area contributed by atoms with Crippen LogP contribution in [0, 0.1) is 28.8 Å². The van der Waals surface area contributed by atoms with Crippen LogP contribution in [0.3, 0.4) is 0 Å². The van der Waals surface area contributed by atoms with Gasteiger partial charge in [-0.1, -0.05) is 22.0 Å². The van der Waals surface area contributed by atoms with E-state index in [0.717, 1.165) is 29.2 Å². The molecule has 0 aliphatic carbocycles. The Morgan fingerprint density at radius 3 is 1.68 bits per heavy atom. The van der Waals surface area contributed by atoms with Crippen molar-refractivity contribution in [1.82, 2.24) is 10.1 Å². The van der Waals surface area contributed by atoms with E-state index in [1.54, 1.807) is 6.20 Å². The van der Waals surface area contributed by atoms with Crippen molar-refractivity contribution in [3.63, 3.8) is 0 Å². The van der Waals surface area contributed by atoms with Gasteiger partial charge in [-0.05, 0) is 61.8 Å². The van der Waals surface area contributed by atoms with E-state index in [1.807, 2.05) is 67.5 Å². The fourth-order valence-corrected chi connectivity index (χ4v) is 4.52. The van der Waals surface area contributed by atoms with Crippen molar-refractivity contribution in [2.45, 2.75) is 90.4 Å². The number of rotatable bonds is 2. The molecule has 1 radical (unpaired) electrons. The number of nitriles is 2. The number of aliphatic imine (C=N–C) groups is 2. The molecule has 0 bridgehead atoms. The van der Waals surface area contributed by atoms with Gasteiger partial charge in [-0.15, -0.1) is 47.9 Å². The summed E-state index contributed by atoms with van der Waals surface area (Å²) in [4.78, 5) is 5.17. The minimum atomic E-state index is -0.594. The summed E-state index contributed by atoms with van der Waals surface area (Å²) in [6, 6.07) is 2.56. The molecular formula is C28H48CuN12O6+2. The fraction of sp³-hybridized carbons (Fsp3) is 0.643. The zero-order valence-electron chi connectivity index (χ0n) is 28.0. The maximum absolute atomic E-state index is 10.3. The molecule has 1 fully saturated rings. The number of nitrogens with zero attached hydrogens (tertiary/aromatic N) is 12. The molecule has 4 heterocycles. The van der Waals surface area contributed by atoms with Crippen LogP contribution in [0.25, 0.3) is 21.5 Å². The third-order valence-electron chi connectivity index (χ3n) is 8.73. The maximum atomic E-state index is 10.3. The fourth-order valence-electron chi connectivity index (χ4n) is 4.52. The Balaban J connectivity index is -0.000000612. The van der Waals surface area contributed by atoms with Crippen molar-refractivity contribution in [3.05, 3.63) is 45.4 Å². The van der Waals surface area contributed by atoms with Crippen molar-refractivity contribution >= 4 is 23.7 Å². The molecule has 1 saturated heterocycles. The first kappa shape index (κ1) is 47.3. The standard InChI is InChI=1S/C12H23N3O2.C12H19N3O2.2C2N3.Cu.2H2O/c2*1-11(2)12(3,4)15(17)10(14(11)16)9-6-5-7-13-8-9;2*3-1-5-2-4;;;/h9,16-17H,5-8H2,1-4H3;5-6,8,16-17H,7H2,1-4H3;;;;2*1H2/q;;2*-1;+2;;/p+2. The number of hydrogen-bond acceptors (Lipinski definition) is 10. The van der Waals surface area contributed by atoms with E-state index in [1.165, 1.54) is 34.2 Å². The second-order valence-electron chi connectivity index (χ2n) is 12.1. The van der Waals surface area contributed by atoms with Crippen LogP contribution < -0.4 is 0 Å². The molecule has 1 atom stereocenters.